The number of hydrogen-bond acceptors (Lipinski definition) is 6. The summed E-state index contributed by atoms with van der Waals surface area (Å²) in [7, 11) is 0. The van der Waals surface area contributed by atoms with Gasteiger partial charge in [0.25, 0.3) is 0 Å². The molecule has 2 rings (SSSR count). The van der Waals surface area contributed by atoms with E-state index in [1.165, 1.54) is 17.5 Å². The molecule has 2 heterocycles. The molecular formula is C11H12N4O2S. The Labute approximate surface area is 108 Å². The SMILES string of the molecule is Cc1nc(Nc2nc(C)c(C)s2)ncc1C(=O)O. The van der Waals surface area contributed by atoms with Crippen LogP contribution in [-0.2, 0) is 0 Å². The van der Waals surface area contributed by atoms with Crippen LogP contribution in [0.25, 0.3) is 0 Å². The number of thiazole rings is 1. The lowest BCUT2D eigenvalue weighted by molar-refractivity contribution is 0.0695. The number of carboxylic acids is 1. The second kappa shape index (κ2) is 4.69. The summed E-state index contributed by atoms with van der Waals surface area (Å²) in [6, 6.07) is 0. The predicted octanol–water partition coefficient (Wildman–Crippen LogP) is 2.30. The maximum absolute atomic E-state index is 10.8. The molecule has 0 bridgehead atoms. The van der Waals surface area contributed by atoms with Gasteiger partial charge in [0.2, 0.25) is 5.95 Å². The number of carbonyl (C=O) groups is 1. The van der Waals surface area contributed by atoms with Gasteiger partial charge in [-0.1, -0.05) is 0 Å². The highest BCUT2D eigenvalue weighted by atomic mass is 32.1. The molecular weight excluding hydrogens is 252 g/mol. The number of nitrogens with one attached hydrogen (secondary N) is 1. The van der Waals surface area contributed by atoms with E-state index in [0.717, 1.165) is 10.6 Å². The quantitative estimate of drug-likeness (QED) is 0.884. The van der Waals surface area contributed by atoms with Crippen LogP contribution in [0.5, 0.6) is 0 Å². The minimum atomic E-state index is -1.03. The van der Waals surface area contributed by atoms with Gasteiger partial charge in [0, 0.05) is 11.1 Å². The smallest absolute Gasteiger partial charge is 0.339 e. The van der Waals surface area contributed by atoms with Crippen LogP contribution in [0.2, 0.25) is 0 Å². The van der Waals surface area contributed by atoms with E-state index >= 15 is 0 Å². The van der Waals surface area contributed by atoms with Gasteiger partial charge in [-0.15, -0.1) is 11.3 Å². The minimum Gasteiger partial charge on any atom is -0.478 e. The second-order valence-corrected chi connectivity index (χ2v) is 4.99. The summed E-state index contributed by atoms with van der Waals surface area (Å²) in [5.74, 6) is -0.675. The monoisotopic (exact) mass is 264 g/mol. The molecule has 0 amide bonds. The van der Waals surface area contributed by atoms with E-state index in [0.29, 0.717) is 16.8 Å². The molecule has 0 aliphatic heterocycles. The Balaban J connectivity index is 2.25. The topological polar surface area (TPSA) is 88.0 Å². The van der Waals surface area contributed by atoms with Crippen molar-refractivity contribution in [3.63, 3.8) is 0 Å². The van der Waals surface area contributed by atoms with E-state index in [-0.39, 0.29) is 5.56 Å². The van der Waals surface area contributed by atoms with E-state index in [1.54, 1.807) is 6.92 Å². The highest BCUT2D eigenvalue weighted by molar-refractivity contribution is 7.15. The molecule has 0 aliphatic rings. The number of anilines is 2. The molecule has 0 saturated heterocycles. The second-order valence-electron chi connectivity index (χ2n) is 3.78. The minimum absolute atomic E-state index is 0.104. The Hall–Kier alpha value is -2.02. The van der Waals surface area contributed by atoms with Crippen LogP contribution in [-0.4, -0.2) is 26.0 Å². The summed E-state index contributed by atoms with van der Waals surface area (Å²) in [4.78, 5) is 24.3. The van der Waals surface area contributed by atoms with Gasteiger partial charge in [-0.25, -0.2) is 19.7 Å². The molecule has 0 radical (unpaired) electrons. The molecule has 2 N–H and O–H groups in total. The maximum Gasteiger partial charge on any atom is 0.339 e. The Bertz CT molecular complexity index is 590. The molecule has 7 heteroatoms. The molecule has 94 valence electrons. The molecule has 2 aromatic heterocycles. The van der Waals surface area contributed by atoms with Gasteiger partial charge in [-0.2, -0.15) is 0 Å². The first-order chi connectivity index (χ1) is 8.47. The lowest BCUT2D eigenvalue weighted by atomic mass is 10.2. The van der Waals surface area contributed by atoms with Crippen molar-refractivity contribution in [2.45, 2.75) is 20.8 Å². The predicted molar refractivity (Wildman–Crippen MR) is 68.6 cm³/mol. The van der Waals surface area contributed by atoms with Gasteiger partial charge in [0.05, 0.1) is 17.0 Å². The molecule has 0 aromatic carbocycles. The van der Waals surface area contributed by atoms with E-state index in [9.17, 15) is 4.79 Å². The summed E-state index contributed by atoms with van der Waals surface area (Å²) in [5, 5.41) is 12.5. The maximum atomic E-state index is 10.8. The Morgan fingerprint density at radius 3 is 2.50 bits per heavy atom. The van der Waals surface area contributed by atoms with Crippen molar-refractivity contribution in [1.29, 1.82) is 0 Å². The Kier molecular flexibility index (Phi) is 3.24. The summed E-state index contributed by atoms with van der Waals surface area (Å²) in [6.45, 7) is 5.54. The van der Waals surface area contributed by atoms with E-state index in [2.05, 4.69) is 20.3 Å². The first-order valence-corrected chi connectivity index (χ1v) is 6.07. The molecule has 0 spiro atoms. The van der Waals surface area contributed by atoms with E-state index in [1.807, 2.05) is 13.8 Å². The highest BCUT2D eigenvalue weighted by Crippen LogP contribution is 2.23. The Morgan fingerprint density at radius 1 is 1.28 bits per heavy atom. The lowest BCUT2D eigenvalue weighted by Gasteiger charge is -2.03. The molecule has 18 heavy (non-hydrogen) atoms. The zero-order valence-corrected chi connectivity index (χ0v) is 11.0. The fraction of sp³-hybridized carbons (Fsp3) is 0.273. The summed E-state index contributed by atoms with van der Waals surface area (Å²) in [6.07, 6.45) is 1.29. The number of aromatic carboxylic acids is 1. The number of rotatable bonds is 3. The number of nitrogens with zero attached hydrogens (tertiary/aromatic N) is 3. The van der Waals surface area contributed by atoms with Gasteiger partial charge in [0.15, 0.2) is 5.13 Å². The van der Waals surface area contributed by atoms with Crippen molar-refractivity contribution in [3.8, 4) is 0 Å². The average molecular weight is 264 g/mol. The third kappa shape index (κ3) is 2.45. The van der Waals surface area contributed by atoms with E-state index < -0.39 is 5.97 Å². The third-order valence-electron chi connectivity index (χ3n) is 2.46. The number of aromatic nitrogens is 3. The summed E-state index contributed by atoms with van der Waals surface area (Å²) < 4.78 is 0. The standard InChI is InChI=1S/C11H12N4O2S/c1-5-7(3)18-11(14-5)15-10-12-4-8(9(16)17)6(2)13-10/h4H,1-3H3,(H,16,17)(H,12,13,14,15). The van der Waals surface area contributed by atoms with Gasteiger partial charge in [-0.05, 0) is 20.8 Å². The first-order valence-electron chi connectivity index (χ1n) is 5.25. The van der Waals surface area contributed by atoms with Crippen LogP contribution in [0.3, 0.4) is 0 Å². The van der Waals surface area contributed by atoms with Crippen molar-refractivity contribution in [2.75, 3.05) is 5.32 Å². The molecule has 6 nitrogen and oxygen atoms in total. The zero-order valence-electron chi connectivity index (χ0n) is 10.2. The molecule has 0 atom stereocenters. The summed E-state index contributed by atoms with van der Waals surface area (Å²) in [5.41, 5.74) is 1.48. The molecule has 0 aliphatic carbocycles. The fourth-order valence-electron chi connectivity index (χ4n) is 1.36. The van der Waals surface area contributed by atoms with Crippen molar-refractivity contribution in [2.24, 2.45) is 0 Å². The van der Waals surface area contributed by atoms with E-state index in [4.69, 9.17) is 5.11 Å². The third-order valence-corrected chi connectivity index (χ3v) is 3.45. The average Bonchev–Trinajstić information content (AvgIpc) is 2.57. The normalized spacial score (nSPS) is 10.4. The fourth-order valence-corrected chi connectivity index (χ4v) is 2.17. The van der Waals surface area contributed by atoms with Crippen LogP contribution in [0.15, 0.2) is 6.20 Å². The van der Waals surface area contributed by atoms with Gasteiger partial charge < -0.3 is 10.4 Å². The van der Waals surface area contributed by atoms with Crippen molar-refractivity contribution in [3.05, 3.63) is 28.0 Å². The van der Waals surface area contributed by atoms with Gasteiger partial charge in [0.1, 0.15) is 0 Å². The largest absolute Gasteiger partial charge is 0.478 e. The number of hydrogen-bond donors (Lipinski definition) is 2. The summed E-state index contributed by atoms with van der Waals surface area (Å²) >= 11 is 1.51. The lowest BCUT2D eigenvalue weighted by Crippen LogP contribution is -2.05. The molecule has 0 saturated carbocycles. The molecule has 0 unspecified atom stereocenters. The van der Waals surface area contributed by atoms with Crippen LogP contribution in [0.4, 0.5) is 11.1 Å². The van der Waals surface area contributed by atoms with Crippen LogP contribution >= 0.6 is 11.3 Å². The van der Waals surface area contributed by atoms with Gasteiger partial charge in [-0.3, -0.25) is 0 Å². The molecule has 2 aromatic rings. The van der Waals surface area contributed by atoms with Crippen LogP contribution in [0, 0.1) is 20.8 Å². The van der Waals surface area contributed by atoms with Crippen LogP contribution in [0.1, 0.15) is 26.6 Å². The van der Waals surface area contributed by atoms with Crippen LogP contribution < -0.4 is 5.32 Å². The van der Waals surface area contributed by atoms with Crippen molar-refractivity contribution < 1.29 is 9.90 Å². The van der Waals surface area contributed by atoms with Crippen molar-refractivity contribution in [1.82, 2.24) is 15.0 Å². The van der Waals surface area contributed by atoms with Crippen molar-refractivity contribution >= 4 is 28.4 Å². The van der Waals surface area contributed by atoms with Gasteiger partial charge >= 0.3 is 5.97 Å². The number of aryl methyl sites for hydroxylation is 3. The Morgan fingerprint density at radius 2 is 2.00 bits per heavy atom. The zero-order chi connectivity index (χ0) is 13.3. The first kappa shape index (κ1) is 12.4. The molecule has 0 fully saturated rings. The number of carboxylic acid groups (broad SMARTS) is 1. The highest BCUT2D eigenvalue weighted by Gasteiger charge is 2.11.